The first-order valence-corrected chi connectivity index (χ1v) is 10.1. The number of fused-ring (bicyclic) bond motifs is 1. The van der Waals surface area contributed by atoms with Crippen LogP contribution in [0, 0.1) is 12.7 Å². The van der Waals surface area contributed by atoms with Crippen LogP contribution in [0.4, 0.5) is 10.3 Å². The molecule has 8 nitrogen and oxygen atoms in total. The first-order chi connectivity index (χ1) is 16.0. The number of anilines is 1. The van der Waals surface area contributed by atoms with E-state index in [0.29, 0.717) is 34.8 Å². The molecule has 0 bridgehead atoms. The van der Waals surface area contributed by atoms with E-state index >= 15 is 0 Å². The number of hydrogen-bond acceptors (Lipinski definition) is 7. The van der Waals surface area contributed by atoms with Gasteiger partial charge in [0.1, 0.15) is 41.3 Å². The van der Waals surface area contributed by atoms with Gasteiger partial charge in [0.25, 0.3) is 0 Å². The van der Waals surface area contributed by atoms with Crippen molar-refractivity contribution in [1.29, 1.82) is 0 Å². The van der Waals surface area contributed by atoms with Gasteiger partial charge in [-0.15, -0.1) is 0 Å². The third-order valence-corrected chi connectivity index (χ3v) is 4.90. The van der Waals surface area contributed by atoms with Crippen molar-refractivity contribution in [3.63, 3.8) is 0 Å². The summed E-state index contributed by atoms with van der Waals surface area (Å²) >= 11 is 0. The second kappa shape index (κ2) is 8.54. The number of benzene rings is 2. The smallest absolute Gasteiger partial charge is 0.206 e. The first-order valence-electron chi connectivity index (χ1n) is 10.1. The highest BCUT2D eigenvalue weighted by atomic mass is 19.1. The Bertz CT molecular complexity index is 1420. The summed E-state index contributed by atoms with van der Waals surface area (Å²) in [4.78, 5) is 16.8. The van der Waals surface area contributed by atoms with Crippen LogP contribution in [0.15, 0.2) is 73.3 Å². The molecule has 33 heavy (non-hydrogen) atoms. The number of nitrogen functional groups attached to an aromatic ring is 1. The Morgan fingerprint density at radius 1 is 0.879 bits per heavy atom. The highest BCUT2D eigenvalue weighted by molar-refractivity contribution is 5.65. The maximum atomic E-state index is 14.1. The molecule has 0 aliphatic rings. The molecule has 2 N–H and O–H groups in total. The molecule has 3 aromatic heterocycles. The number of nitrogens with zero attached hydrogens (tertiary/aromatic N) is 5. The average molecular weight is 442 g/mol. The van der Waals surface area contributed by atoms with E-state index in [-0.39, 0.29) is 6.61 Å². The fraction of sp³-hybridized carbons (Fsp3) is 0.0833. The highest BCUT2D eigenvalue weighted by Crippen LogP contribution is 2.29. The van der Waals surface area contributed by atoms with Gasteiger partial charge in [0.2, 0.25) is 5.95 Å². The number of aryl methyl sites for hydroxylation is 1. The molecule has 0 amide bonds. The first kappa shape index (κ1) is 20.4. The van der Waals surface area contributed by atoms with Gasteiger partial charge in [-0.3, -0.25) is 4.40 Å². The van der Waals surface area contributed by atoms with Crippen molar-refractivity contribution in [2.45, 2.75) is 13.5 Å². The lowest BCUT2D eigenvalue weighted by molar-refractivity contribution is 0.301. The zero-order valence-corrected chi connectivity index (χ0v) is 17.6. The molecule has 164 valence electrons. The third kappa shape index (κ3) is 4.42. The van der Waals surface area contributed by atoms with Crippen LogP contribution >= 0.6 is 0 Å². The van der Waals surface area contributed by atoms with E-state index < -0.39 is 5.82 Å². The molecule has 0 unspecified atom stereocenters. The van der Waals surface area contributed by atoms with Crippen LogP contribution in [0.1, 0.15) is 11.4 Å². The van der Waals surface area contributed by atoms with Gasteiger partial charge in [-0.2, -0.15) is 0 Å². The molecule has 0 aliphatic heterocycles. The highest BCUT2D eigenvalue weighted by Gasteiger charge is 2.10. The van der Waals surface area contributed by atoms with Crippen molar-refractivity contribution in [2.24, 2.45) is 0 Å². The van der Waals surface area contributed by atoms with Crippen LogP contribution in [-0.4, -0.2) is 24.3 Å². The van der Waals surface area contributed by atoms with Gasteiger partial charge in [-0.1, -0.05) is 0 Å². The van der Waals surface area contributed by atoms with E-state index in [1.807, 2.05) is 18.2 Å². The van der Waals surface area contributed by atoms with Crippen LogP contribution in [-0.2, 0) is 6.61 Å². The summed E-state index contributed by atoms with van der Waals surface area (Å²) in [6.45, 7) is 2.02. The van der Waals surface area contributed by atoms with Gasteiger partial charge in [0.15, 0.2) is 0 Å². The molecule has 0 fully saturated rings. The van der Waals surface area contributed by atoms with E-state index in [1.54, 1.807) is 54.3 Å². The second-order valence-electron chi connectivity index (χ2n) is 7.32. The summed E-state index contributed by atoms with van der Waals surface area (Å²) in [6.07, 6.45) is 6.72. The number of imidazole rings is 1. The molecule has 0 saturated heterocycles. The van der Waals surface area contributed by atoms with Gasteiger partial charge >= 0.3 is 0 Å². The third-order valence-electron chi connectivity index (χ3n) is 4.90. The van der Waals surface area contributed by atoms with Gasteiger partial charge in [-0.05, 0) is 37.3 Å². The van der Waals surface area contributed by atoms with Crippen molar-refractivity contribution < 1.29 is 13.9 Å². The predicted octanol–water partition coefficient (Wildman–Crippen LogP) is 4.59. The Kier molecular flexibility index (Phi) is 5.27. The standard InChI is InChI=1S/C24H19FN6O2/c1-15-28-11-16(12-29-15)14-32-21-8-18(25)9-22(10-21)33-20-4-2-17(3-5-20)23-30-13-19-6-7-27-24(26)31(19)23/h2-13H,14H2,1H3,(H2,26,27). The fourth-order valence-corrected chi connectivity index (χ4v) is 3.32. The van der Waals surface area contributed by atoms with Gasteiger partial charge in [0.05, 0.1) is 11.7 Å². The van der Waals surface area contributed by atoms with Crippen molar-refractivity contribution >= 4 is 11.5 Å². The minimum atomic E-state index is -0.467. The van der Waals surface area contributed by atoms with E-state index in [2.05, 4.69) is 19.9 Å². The number of halogens is 1. The molecular formula is C24H19FN6O2. The largest absolute Gasteiger partial charge is 0.489 e. The Morgan fingerprint density at radius 2 is 1.64 bits per heavy atom. The monoisotopic (exact) mass is 442 g/mol. The summed E-state index contributed by atoms with van der Waals surface area (Å²) in [5, 5.41) is 0. The molecule has 3 heterocycles. The summed E-state index contributed by atoms with van der Waals surface area (Å²) in [5.41, 5.74) is 8.47. The van der Waals surface area contributed by atoms with E-state index in [1.165, 1.54) is 12.1 Å². The van der Waals surface area contributed by atoms with Crippen LogP contribution in [0.5, 0.6) is 17.2 Å². The van der Waals surface area contributed by atoms with Crippen molar-refractivity contribution in [3.8, 4) is 28.6 Å². The van der Waals surface area contributed by atoms with Gasteiger partial charge in [-0.25, -0.2) is 24.3 Å². The van der Waals surface area contributed by atoms with Crippen LogP contribution in [0.25, 0.3) is 16.9 Å². The quantitative estimate of drug-likeness (QED) is 0.411. The minimum Gasteiger partial charge on any atom is -0.489 e. The average Bonchev–Trinajstić information content (AvgIpc) is 3.25. The number of aromatic nitrogens is 5. The summed E-state index contributed by atoms with van der Waals surface area (Å²) < 4.78 is 27.4. The fourth-order valence-electron chi connectivity index (χ4n) is 3.32. The molecule has 0 atom stereocenters. The molecule has 2 aromatic carbocycles. The molecule has 0 spiro atoms. The number of nitrogens with two attached hydrogens (primary N) is 1. The van der Waals surface area contributed by atoms with Gasteiger partial charge in [0, 0.05) is 47.9 Å². The molecule has 0 radical (unpaired) electrons. The zero-order valence-electron chi connectivity index (χ0n) is 17.6. The maximum absolute atomic E-state index is 14.1. The van der Waals surface area contributed by atoms with E-state index in [9.17, 15) is 4.39 Å². The maximum Gasteiger partial charge on any atom is 0.206 e. The number of rotatable bonds is 6. The van der Waals surface area contributed by atoms with Gasteiger partial charge < -0.3 is 15.2 Å². The van der Waals surface area contributed by atoms with Crippen LogP contribution in [0.2, 0.25) is 0 Å². The summed E-state index contributed by atoms with van der Waals surface area (Å²) in [5.74, 6) is 2.42. The molecular weight excluding hydrogens is 423 g/mol. The Balaban J connectivity index is 1.32. The van der Waals surface area contributed by atoms with Crippen molar-refractivity contribution in [2.75, 3.05) is 5.73 Å². The molecule has 9 heteroatoms. The summed E-state index contributed by atoms with van der Waals surface area (Å²) in [7, 11) is 0. The van der Waals surface area contributed by atoms with Crippen molar-refractivity contribution in [3.05, 3.63) is 90.5 Å². The Hall–Kier alpha value is -4.53. The number of ether oxygens (including phenoxy) is 2. The topological polar surface area (TPSA) is 100 Å². The van der Waals surface area contributed by atoms with E-state index in [4.69, 9.17) is 15.2 Å². The Labute approximate surface area is 188 Å². The molecule has 5 aromatic rings. The molecule has 0 aliphatic carbocycles. The van der Waals surface area contributed by atoms with Crippen LogP contribution < -0.4 is 15.2 Å². The second-order valence-corrected chi connectivity index (χ2v) is 7.32. The predicted molar refractivity (Wildman–Crippen MR) is 120 cm³/mol. The number of hydrogen-bond donors (Lipinski definition) is 1. The lowest BCUT2D eigenvalue weighted by atomic mass is 10.2. The minimum absolute atomic E-state index is 0.216. The van der Waals surface area contributed by atoms with E-state index in [0.717, 1.165) is 16.6 Å². The normalized spacial score (nSPS) is 11.0. The Morgan fingerprint density at radius 3 is 2.42 bits per heavy atom. The summed E-state index contributed by atoms with van der Waals surface area (Å²) in [6, 6.07) is 13.3. The SMILES string of the molecule is Cc1ncc(COc2cc(F)cc(Oc3ccc(-c4ncc5ccnc(N)n45)cc3)c2)cn1. The lowest BCUT2D eigenvalue weighted by Crippen LogP contribution is -2.01. The molecule has 5 rings (SSSR count). The lowest BCUT2D eigenvalue weighted by Gasteiger charge is -2.10. The van der Waals surface area contributed by atoms with Crippen LogP contribution in [0.3, 0.4) is 0 Å². The zero-order chi connectivity index (χ0) is 22.8. The molecule has 0 saturated carbocycles. The van der Waals surface area contributed by atoms with Crippen molar-refractivity contribution in [1.82, 2.24) is 24.3 Å².